The summed E-state index contributed by atoms with van der Waals surface area (Å²) in [5.74, 6) is -0.299. The first-order valence-electron chi connectivity index (χ1n) is 8.84. The number of nitrogens with zero attached hydrogens (tertiary/aromatic N) is 2. The zero-order valence-electron chi connectivity index (χ0n) is 15.5. The highest BCUT2D eigenvalue weighted by atomic mass is 127. The van der Waals surface area contributed by atoms with E-state index in [-0.39, 0.29) is 42.0 Å². The average molecular weight is 500 g/mol. The molecule has 150 valence electrons. The fourth-order valence-corrected chi connectivity index (χ4v) is 2.98. The standard InChI is InChI=1S/C20H22F2N4O.HI/c1-23-20(25-13-15-11-16(21)6-9-18(15)22)24-12-14-4-7-17(8-5-14)26-10-2-3-19(26)27;/h4-9,11H,2-3,10,12-13H2,1H3,(H2,23,24,25);1H. The average Bonchev–Trinajstić information content (AvgIpc) is 3.11. The van der Waals surface area contributed by atoms with E-state index in [0.29, 0.717) is 18.9 Å². The first-order chi connectivity index (χ1) is 13.1. The molecule has 0 bridgehead atoms. The summed E-state index contributed by atoms with van der Waals surface area (Å²) in [6.07, 6.45) is 1.51. The normalized spacial score (nSPS) is 14.0. The number of nitrogens with one attached hydrogen (secondary N) is 2. The van der Waals surface area contributed by atoms with E-state index in [4.69, 9.17) is 0 Å². The van der Waals surface area contributed by atoms with E-state index in [2.05, 4.69) is 15.6 Å². The second-order valence-electron chi connectivity index (χ2n) is 6.33. The molecule has 0 aromatic heterocycles. The molecule has 0 atom stereocenters. The van der Waals surface area contributed by atoms with Crippen LogP contribution in [0.5, 0.6) is 0 Å². The number of anilines is 1. The Hall–Kier alpha value is -2.23. The molecule has 0 aliphatic carbocycles. The summed E-state index contributed by atoms with van der Waals surface area (Å²) in [4.78, 5) is 17.7. The van der Waals surface area contributed by atoms with Crippen molar-refractivity contribution in [3.05, 3.63) is 65.2 Å². The molecule has 1 saturated heterocycles. The summed E-state index contributed by atoms with van der Waals surface area (Å²) in [5.41, 5.74) is 2.16. The molecule has 8 heteroatoms. The number of hydrogen-bond donors (Lipinski definition) is 2. The van der Waals surface area contributed by atoms with Crippen LogP contribution in [0.3, 0.4) is 0 Å². The van der Waals surface area contributed by atoms with Crippen LogP contribution in [0.1, 0.15) is 24.0 Å². The molecule has 28 heavy (non-hydrogen) atoms. The van der Waals surface area contributed by atoms with E-state index in [1.165, 1.54) is 0 Å². The summed E-state index contributed by atoms with van der Waals surface area (Å²) in [6, 6.07) is 11.1. The second kappa shape index (κ2) is 10.4. The van der Waals surface area contributed by atoms with Gasteiger partial charge < -0.3 is 15.5 Å². The quantitative estimate of drug-likeness (QED) is 0.375. The van der Waals surface area contributed by atoms with Gasteiger partial charge in [-0.05, 0) is 42.3 Å². The van der Waals surface area contributed by atoms with Crippen molar-refractivity contribution >= 4 is 41.5 Å². The molecule has 2 N–H and O–H groups in total. The third-order valence-electron chi connectivity index (χ3n) is 4.46. The molecular weight excluding hydrogens is 477 g/mol. The van der Waals surface area contributed by atoms with E-state index < -0.39 is 11.6 Å². The minimum absolute atomic E-state index is 0. The maximum atomic E-state index is 13.7. The van der Waals surface area contributed by atoms with Crippen LogP contribution in [0, 0.1) is 11.6 Å². The number of aliphatic imine (C=N–C) groups is 1. The predicted molar refractivity (Wildman–Crippen MR) is 117 cm³/mol. The van der Waals surface area contributed by atoms with Gasteiger partial charge in [0.1, 0.15) is 11.6 Å². The third kappa shape index (κ3) is 5.63. The molecule has 1 fully saturated rings. The van der Waals surface area contributed by atoms with E-state index in [0.717, 1.165) is 42.4 Å². The fraction of sp³-hybridized carbons (Fsp3) is 0.300. The Morgan fingerprint density at radius 2 is 1.82 bits per heavy atom. The smallest absolute Gasteiger partial charge is 0.227 e. The van der Waals surface area contributed by atoms with Gasteiger partial charge >= 0.3 is 0 Å². The number of carbonyl (C=O) groups is 1. The highest BCUT2D eigenvalue weighted by molar-refractivity contribution is 14.0. The topological polar surface area (TPSA) is 56.7 Å². The van der Waals surface area contributed by atoms with E-state index >= 15 is 0 Å². The maximum absolute atomic E-state index is 13.7. The summed E-state index contributed by atoms with van der Waals surface area (Å²) >= 11 is 0. The van der Waals surface area contributed by atoms with Crippen molar-refractivity contribution in [2.45, 2.75) is 25.9 Å². The Morgan fingerprint density at radius 3 is 2.46 bits per heavy atom. The molecule has 0 radical (unpaired) electrons. The molecule has 0 unspecified atom stereocenters. The Kier molecular flexibility index (Phi) is 8.16. The summed E-state index contributed by atoms with van der Waals surface area (Å²) < 4.78 is 26.9. The van der Waals surface area contributed by atoms with Gasteiger partial charge in [-0.1, -0.05) is 12.1 Å². The lowest BCUT2D eigenvalue weighted by molar-refractivity contribution is -0.117. The molecule has 3 rings (SSSR count). The minimum atomic E-state index is -0.479. The van der Waals surface area contributed by atoms with E-state index in [9.17, 15) is 13.6 Å². The number of halogens is 3. The highest BCUT2D eigenvalue weighted by Gasteiger charge is 2.21. The first kappa shape index (κ1) is 22.1. The van der Waals surface area contributed by atoms with E-state index in [1.807, 2.05) is 24.3 Å². The van der Waals surface area contributed by atoms with Crippen LogP contribution < -0.4 is 15.5 Å². The Balaban J connectivity index is 0.00000280. The van der Waals surface area contributed by atoms with Crippen molar-refractivity contribution in [2.75, 3.05) is 18.5 Å². The predicted octanol–water partition coefficient (Wildman–Crippen LogP) is 3.57. The van der Waals surface area contributed by atoms with Gasteiger partial charge in [0.2, 0.25) is 5.91 Å². The first-order valence-corrected chi connectivity index (χ1v) is 8.84. The summed E-state index contributed by atoms with van der Waals surface area (Å²) in [7, 11) is 1.61. The van der Waals surface area contributed by atoms with Gasteiger partial charge in [0.25, 0.3) is 0 Å². The number of guanidine groups is 1. The largest absolute Gasteiger partial charge is 0.352 e. The van der Waals surface area contributed by atoms with Crippen molar-refractivity contribution in [1.29, 1.82) is 0 Å². The summed E-state index contributed by atoms with van der Waals surface area (Å²) in [6.45, 7) is 1.41. The van der Waals surface area contributed by atoms with Gasteiger partial charge in [-0.25, -0.2) is 8.78 Å². The van der Waals surface area contributed by atoms with Crippen LogP contribution in [0.25, 0.3) is 0 Å². The van der Waals surface area contributed by atoms with Crippen LogP contribution in [0.4, 0.5) is 14.5 Å². The number of hydrogen-bond acceptors (Lipinski definition) is 2. The lowest BCUT2D eigenvalue weighted by Gasteiger charge is -2.16. The molecule has 2 aromatic carbocycles. The highest BCUT2D eigenvalue weighted by Crippen LogP contribution is 2.21. The van der Waals surface area contributed by atoms with Crippen LogP contribution in [-0.2, 0) is 17.9 Å². The molecule has 0 saturated carbocycles. The van der Waals surface area contributed by atoms with Crippen molar-refractivity contribution in [3.63, 3.8) is 0 Å². The van der Waals surface area contributed by atoms with Gasteiger partial charge in [0.05, 0.1) is 0 Å². The zero-order chi connectivity index (χ0) is 19.2. The monoisotopic (exact) mass is 500 g/mol. The number of benzene rings is 2. The van der Waals surface area contributed by atoms with Crippen LogP contribution >= 0.6 is 24.0 Å². The maximum Gasteiger partial charge on any atom is 0.227 e. The summed E-state index contributed by atoms with van der Waals surface area (Å²) in [5, 5.41) is 6.10. The molecule has 1 aliphatic rings. The van der Waals surface area contributed by atoms with Crippen molar-refractivity contribution in [2.24, 2.45) is 4.99 Å². The Morgan fingerprint density at radius 1 is 1.11 bits per heavy atom. The molecule has 1 aliphatic heterocycles. The number of rotatable bonds is 5. The molecular formula is C20H23F2IN4O. The van der Waals surface area contributed by atoms with Crippen LogP contribution in [-0.4, -0.2) is 25.5 Å². The third-order valence-corrected chi connectivity index (χ3v) is 4.46. The van der Waals surface area contributed by atoms with Crippen molar-refractivity contribution in [3.8, 4) is 0 Å². The molecule has 5 nitrogen and oxygen atoms in total. The van der Waals surface area contributed by atoms with Gasteiger partial charge in [0, 0.05) is 44.4 Å². The lowest BCUT2D eigenvalue weighted by Crippen LogP contribution is -2.36. The molecule has 0 spiro atoms. The second-order valence-corrected chi connectivity index (χ2v) is 6.33. The fourth-order valence-electron chi connectivity index (χ4n) is 2.98. The number of carbonyl (C=O) groups excluding carboxylic acids is 1. The van der Waals surface area contributed by atoms with Crippen molar-refractivity contribution in [1.82, 2.24) is 10.6 Å². The van der Waals surface area contributed by atoms with E-state index in [1.54, 1.807) is 11.9 Å². The van der Waals surface area contributed by atoms with Crippen molar-refractivity contribution < 1.29 is 13.6 Å². The zero-order valence-corrected chi connectivity index (χ0v) is 17.9. The van der Waals surface area contributed by atoms with Gasteiger partial charge in [0.15, 0.2) is 5.96 Å². The van der Waals surface area contributed by atoms with Gasteiger partial charge in [-0.3, -0.25) is 9.79 Å². The lowest BCUT2D eigenvalue weighted by atomic mass is 10.2. The van der Waals surface area contributed by atoms with Crippen LogP contribution in [0.15, 0.2) is 47.5 Å². The molecule has 2 aromatic rings. The number of amides is 1. The van der Waals surface area contributed by atoms with Gasteiger partial charge in [-0.2, -0.15) is 0 Å². The van der Waals surface area contributed by atoms with Gasteiger partial charge in [-0.15, -0.1) is 24.0 Å². The minimum Gasteiger partial charge on any atom is -0.352 e. The molecule has 1 heterocycles. The SMILES string of the molecule is CN=C(NCc1ccc(N2CCCC2=O)cc1)NCc1cc(F)ccc1F.I. The Bertz CT molecular complexity index is 843. The molecule has 1 amide bonds. The van der Waals surface area contributed by atoms with Crippen LogP contribution in [0.2, 0.25) is 0 Å². The Labute approximate surface area is 180 Å².